The molecule has 1 aliphatic heterocycles. The number of carbonyl (C=O) groups is 1. The van der Waals surface area contributed by atoms with Gasteiger partial charge in [-0.1, -0.05) is 28.1 Å². The van der Waals surface area contributed by atoms with Gasteiger partial charge in [-0.3, -0.25) is 9.69 Å². The summed E-state index contributed by atoms with van der Waals surface area (Å²) in [5, 5.41) is 3.07. The number of ether oxygens (including phenoxy) is 2. The van der Waals surface area contributed by atoms with Crippen LogP contribution in [0.5, 0.6) is 5.75 Å². The second kappa shape index (κ2) is 9.16. The number of halogens is 1. The van der Waals surface area contributed by atoms with Crippen molar-refractivity contribution in [3.05, 3.63) is 64.1 Å². The van der Waals surface area contributed by atoms with Gasteiger partial charge >= 0.3 is 0 Å². The molecule has 0 radical (unpaired) electrons. The van der Waals surface area contributed by atoms with Crippen molar-refractivity contribution < 1.29 is 14.3 Å². The molecule has 3 rings (SSSR count). The van der Waals surface area contributed by atoms with Crippen LogP contribution in [0.3, 0.4) is 0 Å². The molecule has 0 aromatic heterocycles. The predicted octanol–water partition coefficient (Wildman–Crippen LogP) is 3.26. The van der Waals surface area contributed by atoms with E-state index >= 15 is 0 Å². The second-order valence-electron chi connectivity index (χ2n) is 6.15. The summed E-state index contributed by atoms with van der Waals surface area (Å²) in [6.45, 7) is 3.68. The highest BCUT2D eigenvalue weighted by Gasteiger charge is 2.23. The number of hydrogen-bond acceptors (Lipinski definition) is 4. The Morgan fingerprint density at radius 1 is 1.15 bits per heavy atom. The van der Waals surface area contributed by atoms with E-state index in [1.165, 1.54) is 0 Å². The first-order valence-corrected chi connectivity index (χ1v) is 9.46. The number of carbonyl (C=O) groups excluding carboxylic acids is 1. The first-order valence-electron chi connectivity index (χ1n) is 8.67. The van der Waals surface area contributed by atoms with Crippen LogP contribution in [0.1, 0.15) is 22.0 Å². The topological polar surface area (TPSA) is 50.8 Å². The molecular weight excluding hydrogens is 396 g/mol. The fourth-order valence-electron chi connectivity index (χ4n) is 3.07. The number of hydrogen-bond donors (Lipinski definition) is 1. The molecule has 26 heavy (non-hydrogen) atoms. The Hall–Kier alpha value is -1.89. The molecule has 0 saturated carbocycles. The van der Waals surface area contributed by atoms with Crippen LogP contribution in [0, 0.1) is 0 Å². The van der Waals surface area contributed by atoms with Gasteiger partial charge < -0.3 is 14.8 Å². The van der Waals surface area contributed by atoms with Gasteiger partial charge in [-0.25, -0.2) is 0 Å². The zero-order chi connectivity index (χ0) is 18.4. The Balaban J connectivity index is 1.72. The molecule has 1 heterocycles. The van der Waals surface area contributed by atoms with Crippen LogP contribution in [-0.4, -0.2) is 50.8 Å². The van der Waals surface area contributed by atoms with Crippen LogP contribution >= 0.6 is 15.9 Å². The third kappa shape index (κ3) is 4.84. The lowest BCUT2D eigenvalue weighted by atomic mass is 10.0. The Bertz CT molecular complexity index is 713. The number of nitrogens with one attached hydrogen (secondary N) is 1. The summed E-state index contributed by atoms with van der Waals surface area (Å²) < 4.78 is 11.7. The van der Waals surface area contributed by atoms with Crippen LogP contribution < -0.4 is 10.1 Å². The minimum atomic E-state index is -0.0655. The van der Waals surface area contributed by atoms with E-state index in [0.29, 0.717) is 25.3 Å². The molecular formula is C20H23BrN2O3. The molecule has 1 aliphatic rings. The van der Waals surface area contributed by atoms with E-state index < -0.39 is 0 Å². The number of nitrogens with zero attached hydrogens (tertiary/aromatic N) is 1. The van der Waals surface area contributed by atoms with Crippen molar-refractivity contribution in [3.63, 3.8) is 0 Å². The van der Waals surface area contributed by atoms with Crippen LogP contribution in [-0.2, 0) is 4.74 Å². The van der Waals surface area contributed by atoms with Crippen LogP contribution in [0.15, 0.2) is 53.0 Å². The third-order valence-corrected chi connectivity index (χ3v) is 5.08. The summed E-state index contributed by atoms with van der Waals surface area (Å²) in [6.07, 6.45) is 0. The molecule has 0 aliphatic carbocycles. The van der Waals surface area contributed by atoms with Crippen LogP contribution in [0.4, 0.5) is 0 Å². The van der Waals surface area contributed by atoms with Gasteiger partial charge in [0, 0.05) is 29.7 Å². The van der Waals surface area contributed by atoms with Gasteiger partial charge in [0.2, 0.25) is 0 Å². The Labute approximate surface area is 162 Å². The number of rotatable bonds is 6. The van der Waals surface area contributed by atoms with Gasteiger partial charge in [-0.2, -0.15) is 0 Å². The van der Waals surface area contributed by atoms with E-state index in [0.717, 1.165) is 28.9 Å². The summed E-state index contributed by atoms with van der Waals surface area (Å²) in [7, 11) is 1.66. The summed E-state index contributed by atoms with van der Waals surface area (Å²) >= 11 is 3.39. The fourth-order valence-corrected chi connectivity index (χ4v) is 3.33. The Kier molecular flexibility index (Phi) is 6.66. The fraction of sp³-hybridized carbons (Fsp3) is 0.350. The van der Waals surface area contributed by atoms with Crippen molar-refractivity contribution in [2.24, 2.45) is 0 Å². The van der Waals surface area contributed by atoms with E-state index in [4.69, 9.17) is 9.47 Å². The lowest BCUT2D eigenvalue weighted by Gasteiger charge is -2.35. The average molecular weight is 419 g/mol. The third-order valence-electron chi connectivity index (χ3n) is 4.55. The van der Waals surface area contributed by atoms with Gasteiger partial charge in [-0.15, -0.1) is 0 Å². The van der Waals surface area contributed by atoms with E-state index in [1.54, 1.807) is 7.11 Å². The van der Waals surface area contributed by atoms with Crippen molar-refractivity contribution in [3.8, 4) is 5.75 Å². The standard InChI is InChI=1S/C20H23BrN2O3/c1-25-18-8-4-15(5-9-18)19(23-10-12-26-13-11-23)14-22-20(24)16-2-6-17(21)7-3-16/h2-9,19H,10-14H2,1H3,(H,22,24)/t19-/m0/s1. The number of morpholine rings is 1. The summed E-state index contributed by atoms with van der Waals surface area (Å²) in [5.74, 6) is 0.762. The van der Waals surface area contributed by atoms with Gasteiger partial charge in [0.15, 0.2) is 0 Å². The quantitative estimate of drug-likeness (QED) is 0.781. The van der Waals surface area contributed by atoms with E-state index in [9.17, 15) is 4.79 Å². The van der Waals surface area contributed by atoms with Gasteiger partial charge in [-0.05, 0) is 42.0 Å². The molecule has 0 unspecified atom stereocenters. The zero-order valence-corrected chi connectivity index (χ0v) is 16.4. The maximum Gasteiger partial charge on any atom is 0.251 e. The maximum absolute atomic E-state index is 12.5. The molecule has 5 nitrogen and oxygen atoms in total. The molecule has 6 heteroatoms. The predicted molar refractivity (Wildman–Crippen MR) is 105 cm³/mol. The number of methoxy groups -OCH3 is 1. The molecule has 1 N–H and O–H groups in total. The largest absolute Gasteiger partial charge is 0.497 e. The highest BCUT2D eigenvalue weighted by atomic mass is 79.9. The number of benzene rings is 2. The van der Waals surface area contributed by atoms with Crippen molar-refractivity contribution >= 4 is 21.8 Å². The van der Waals surface area contributed by atoms with Crippen molar-refractivity contribution in [2.45, 2.75) is 6.04 Å². The van der Waals surface area contributed by atoms with Gasteiger partial charge in [0.05, 0.1) is 26.4 Å². The molecule has 1 fully saturated rings. The summed E-state index contributed by atoms with van der Waals surface area (Å²) in [5.41, 5.74) is 1.81. The summed E-state index contributed by atoms with van der Waals surface area (Å²) in [6, 6.07) is 15.5. The highest BCUT2D eigenvalue weighted by molar-refractivity contribution is 9.10. The van der Waals surface area contributed by atoms with Crippen LogP contribution in [0.25, 0.3) is 0 Å². The molecule has 0 bridgehead atoms. The minimum absolute atomic E-state index is 0.0655. The SMILES string of the molecule is COc1ccc([C@H](CNC(=O)c2ccc(Br)cc2)N2CCOCC2)cc1. The van der Waals surface area contributed by atoms with E-state index in [1.807, 2.05) is 36.4 Å². The van der Waals surface area contributed by atoms with Crippen molar-refractivity contribution in [1.29, 1.82) is 0 Å². The molecule has 2 aromatic rings. The van der Waals surface area contributed by atoms with Gasteiger partial charge in [0.1, 0.15) is 5.75 Å². The summed E-state index contributed by atoms with van der Waals surface area (Å²) in [4.78, 5) is 14.8. The van der Waals surface area contributed by atoms with Crippen molar-refractivity contribution in [1.82, 2.24) is 10.2 Å². The molecule has 1 amide bonds. The zero-order valence-electron chi connectivity index (χ0n) is 14.8. The smallest absolute Gasteiger partial charge is 0.251 e. The lowest BCUT2D eigenvalue weighted by Crippen LogP contribution is -2.43. The molecule has 0 spiro atoms. The minimum Gasteiger partial charge on any atom is -0.497 e. The van der Waals surface area contributed by atoms with E-state index in [-0.39, 0.29) is 11.9 Å². The monoisotopic (exact) mass is 418 g/mol. The van der Waals surface area contributed by atoms with E-state index in [2.05, 4.69) is 38.3 Å². The number of amides is 1. The first kappa shape index (κ1) is 18.9. The highest BCUT2D eigenvalue weighted by Crippen LogP contribution is 2.24. The molecule has 138 valence electrons. The molecule has 2 aromatic carbocycles. The van der Waals surface area contributed by atoms with Crippen LogP contribution in [0.2, 0.25) is 0 Å². The Morgan fingerprint density at radius 2 is 1.81 bits per heavy atom. The lowest BCUT2D eigenvalue weighted by molar-refractivity contribution is 0.0162. The molecule has 1 saturated heterocycles. The average Bonchev–Trinajstić information content (AvgIpc) is 2.70. The van der Waals surface area contributed by atoms with Gasteiger partial charge in [0.25, 0.3) is 5.91 Å². The second-order valence-corrected chi connectivity index (χ2v) is 7.07. The normalized spacial score (nSPS) is 16.1. The maximum atomic E-state index is 12.5. The Morgan fingerprint density at radius 3 is 2.42 bits per heavy atom. The molecule has 1 atom stereocenters. The van der Waals surface area contributed by atoms with Crippen molar-refractivity contribution in [2.75, 3.05) is 40.0 Å². The first-order chi connectivity index (χ1) is 12.7.